The van der Waals surface area contributed by atoms with Gasteiger partial charge in [0.15, 0.2) is 0 Å². The van der Waals surface area contributed by atoms with E-state index in [1.54, 1.807) is 6.07 Å². The molecule has 1 aliphatic rings. The number of carbonyl (C=O) groups excluding carboxylic acids is 2. The fourth-order valence-corrected chi connectivity index (χ4v) is 3.32. The van der Waals surface area contributed by atoms with E-state index in [1.165, 1.54) is 0 Å². The van der Waals surface area contributed by atoms with Gasteiger partial charge >= 0.3 is 0 Å². The molecule has 1 heterocycles. The molecule has 1 unspecified atom stereocenters. The lowest BCUT2D eigenvalue weighted by atomic mass is 9.90. The number of amides is 2. The lowest BCUT2D eigenvalue weighted by Gasteiger charge is -2.33. The maximum atomic E-state index is 12.7. The molecule has 0 aliphatic carbocycles. The third kappa shape index (κ3) is 5.30. The Labute approximate surface area is 151 Å². The molecule has 5 nitrogen and oxygen atoms in total. The molecule has 1 atom stereocenters. The van der Waals surface area contributed by atoms with Crippen molar-refractivity contribution in [2.24, 2.45) is 17.6 Å². The predicted molar refractivity (Wildman–Crippen MR) is 102 cm³/mol. The summed E-state index contributed by atoms with van der Waals surface area (Å²) in [4.78, 5) is 26.6. The van der Waals surface area contributed by atoms with Crippen LogP contribution in [0.4, 0.5) is 5.69 Å². The Morgan fingerprint density at radius 1 is 1.24 bits per heavy atom. The lowest BCUT2D eigenvalue weighted by Crippen LogP contribution is -2.42. The number of nitrogens with two attached hydrogens (primary N) is 1. The minimum atomic E-state index is 0.00940. The summed E-state index contributed by atoms with van der Waals surface area (Å²) < 4.78 is 0. The van der Waals surface area contributed by atoms with Gasteiger partial charge in [-0.1, -0.05) is 13.8 Å². The smallest absolute Gasteiger partial charge is 0.253 e. The Balaban J connectivity index is 2.00. The lowest BCUT2D eigenvalue weighted by molar-refractivity contribution is -0.116. The van der Waals surface area contributed by atoms with Crippen molar-refractivity contribution in [2.75, 3.05) is 18.4 Å². The molecule has 0 radical (unpaired) electrons. The molecule has 138 valence electrons. The quantitative estimate of drug-likeness (QED) is 0.860. The predicted octanol–water partition coefficient (Wildman–Crippen LogP) is 3.18. The van der Waals surface area contributed by atoms with Crippen molar-refractivity contribution < 1.29 is 9.59 Å². The van der Waals surface area contributed by atoms with Crippen LogP contribution in [0.5, 0.6) is 0 Å². The fraction of sp³-hybridized carbons (Fsp3) is 0.600. The maximum absolute atomic E-state index is 12.7. The molecular formula is C20H31N3O2. The summed E-state index contributed by atoms with van der Waals surface area (Å²) in [6, 6.07) is 5.69. The van der Waals surface area contributed by atoms with Gasteiger partial charge in [0.05, 0.1) is 0 Å². The van der Waals surface area contributed by atoms with E-state index in [0.717, 1.165) is 37.2 Å². The number of nitrogens with one attached hydrogen (secondary N) is 1. The zero-order chi connectivity index (χ0) is 18.6. The number of aryl methyl sites for hydroxylation is 1. The van der Waals surface area contributed by atoms with Gasteiger partial charge in [0.1, 0.15) is 0 Å². The first-order chi connectivity index (χ1) is 11.8. The van der Waals surface area contributed by atoms with Crippen LogP contribution in [0.2, 0.25) is 0 Å². The highest BCUT2D eigenvalue weighted by molar-refractivity contribution is 5.96. The van der Waals surface area contributed by atoms with Crippen molar-refractivity contribution in [3.8, 4) is 0 Å². The number of piperidine rings is 1. The normalized spacial score (nSPS) is 16.8. The number of anilines is 1. The molecule has 1 fully saturated rings. The molecule has 25 heavy (non-hydrogen) atoms. The number of likely N-dealkylation sites (tertiary alicyclic amines) is 1. The SMILES string of the molecule is Cc1cc(C(=O)N2CCC(C(C)N)CC2)ccc1NC(=O)CC(C)C. The van der Waals surface area contributed by atoms with Gasteiger partial charge in [-0.2, -0.15) is 0 Å². The second-order valence-electron chi connectivity index (χ2n) is 7.66. The zero-order valence-corrected chi connectivity index (χ0v) is 15.8. The van der Waals surface area contributed by atoms with Gasteiger partial charge in [0.25, 0.3) is 5.91 Å². The van der Waals surface area contributed by atoms with Crippen LogP contribution in [0.3, 0.4) is 0 Å². The number of rotatable bonds is 5. The highest BCUT2D eigenvalue weighted by Gasteiger charge is 2.25. The molecule has 0 spiro atoms. The Kier molecular flexibility index (Phi) is 6.59. The monoisotopic (exact) mass is 345 g/mol. The van der Waals surface area contributed by atoms with E-state index >= 15 is 0 Å². The molecule has 5 heteroatoms. The largest absolute Gasteiger partial charge is 0.339 e. The summed E-state index contributed by atoms with van der Waals surface area (Å²) >= 11 is 0. The third-order valence-electron chi connectivity index (χ3n) is 4.91. The summed E-state index contributed by atoms with van der Waals surface area (Å²) in [5, 5.41) is 2.93. The minimum absolute atomic E-state index is 0.00940. The number of hydrogen-bond donors (Lipinski definition) is 2. The summed E-state index contributed by atoms with van der Waals surface area (Å²) in [5.74, 6) is 0.895. The fourth-order valence-electron chi connectivity index (χ4n) is 3.32. The molecule has 1 aromatic carbocycles. The summed E-state index contributed by atoms with van der Waals surface area (Å²) in [7, 11) is 0. The molecule has 2 rings (SSSR count). The van der Waals surface area contributed by atoms with Gasteiger partial charge in [0.2, 0.25) is 5.91 Å². The molecule has 0 bridgehead atoms. The second kappa shape index (κ2) is 8.48. The highest BCUT2D eigenvalue weighted by atomic mass is 16.2. The first-order valence-electron chi connectivity index (χ1n) is 9.23. The van der Waals surface area contributed by atoms with Crippen LogP contribution in [-0.4, -0.2) is 35.8 Å². The van der Waals surface area contributed by atoms with Crippen molar-refractivity contribution in [3.63, 3.8) is 0 Å². The summed E-state index contributed by atoms with van der Waals surface area (Å²) in [6.07, 6.45) is 2.42. The Hall–Kier alpha value is -1.88. The van der Waals surface area contributed by atoms with E-state index in [4.69, 9.17) is 5.73 Å². The van der Waals surface area contributed by atoms with Crippen LogP contribution < -0.4 is 11.1 Å². The molecular weight excluding hydrogens is 314 g/mol. The average Bonchev–Trinajstić information content (AvgIpc) is 2.55. The zero-order valence-electron chi connectivity index (χ0n) is 15.8. The van der Waals surface area contributed by atoms with Gasteiger partial charge in [0, 0.05) is 36.8 Å². The Bertz CT molecular complexity index is 617. The van der Waals surface area contributed by atoms with Crippen LogP contribution in [0, 0.1) is 18.8 Å². The van der Waals surface area contributed by atoms with E-state index in [2.05, 4.69) is 5.32 Å². The Morgan fingerprint density at radius 2 is 1.88 bits per heavy atom. The van der Waals surface area contributed by atoms with E-state index in [1.807, 2.05) is 44.7 Å². The standard InChI is InChI=1S/C20H31N3O2/c1-13(2)11-19(24)22-18-6-5-17(12-14(18)3)20(25)23-9-7-16(8-10-23)15(4)21/h5-6,12-13,15-16H,7-11,21H2,1-4H3,(H,22,24). The van der Waals surface area contributed by atoms with Crippen LogP contribution >= 0.6 is 0 Å². The van der Waals surface area contributed by atoms with Gasteiger partial charge in [-0.3, -0.25) is 9.59 Å². The third-order valence-corrected chi connectivity index (χ3v) is 4.91. The van der Waals surface area contributed by atoms with Gasteiger partial charge in [-0.05, 0) is 62.3 Å². The number of carbonyl (C=O) groups is 2. The molecule has 0 saturated carbocycles. The highest BCUT2D eigenvalue weighted by Crippen LogP contribution is 2.23. The van der Waals surface area contributed by atoms with E-state index in [0.29, 0.717) is 23.8 Å². The molecule has 0 aromatic heterocycles. The summed E-state index contributed by atoms with van der Waals surface area (Å²) in [5.41, 5.74) is 8.33. The first-order valence-corrected chi connectivity index (χ1v) is 9.23. The minimum Gasteiger partial charge on any atom is -0.339 e. The molecule has 3 N–H and O–H groups in total. The number of benzene rings is 1. The maximum Gasteiger partial charge on any atom is 0.253 e. The molecule has 1 saturated heterocycles. The molecule has 2 amide bonds. The summed E-state index contributed by atoms with van der Waals surface area (Å²) in [6.45, 7) is 9.52. The van der Waals surface area contributed by atoms with Crippen molar-refractivity contribution in [2.45, 2.75) is 53.0 Å². The van der Waals surface area contributed by atoms with E-state index < -0.39 is 0 Å². The second-order valence-corrected chi connectivity index (χ2v) is 7.66. The van der Waals surface area contributed by atoms with Crippen LogP contribution in [-0.2, 0) is 4.79 Å². The van der Waals surface area contributed by atoms with Crippen molar-refractivity contribution in [1.29, 1.82) is 0 Å². The van der Waals surface area contributed by atoms with Gasteiger partial charge in [-0.25, -0.2) is 0 Å². The molecule has 1 aromatic rings. The van der Waals surface area contributed by atoms with E-state index in [-0.39, 0.29) is 17.9 Å². The number of nitrogens with zero attached hydrogens (tertiary/aromatic N) is 1. The van der Waals surface area contributed by atoms with Crippen LogP contribution in [0.1, 0.15) is 56.0 Å². The first kappa shape index (κ1) is 19.4. The Morgan fingerprint density at radius 3 is 2.40 bits per heavy atom. The molecule has 1 aliphatic heterocycles. The number of hydrogen-bond acceptors (Lipinski definition) is 3. The topological polar surface area (TPSA) is 75.4 Å². The van der Waals surface area contributed by atoms with E-state index in [9.17, 15) is 9.59 Å². The van der Waals surface area contributed by atoms with Crippen LogP contribution in [0.15, 0.2) is 18.2 Å². The average molecular weight is 345 g/mol. The van der Waals surface area contributed by atoms with Crippen molar-refractivity contribution in [3.05, 3.63) is 29.3 Å². The van der Waals surface area contributed by atoms with Gasteiger partial charge in [-0.15, -0.1) is 0 Å². The van der Waals surface area contributed by atoms with Crippen molar-refractivity contribution in [1.82, 2.24) is 4.90 Å². The van der Waals surface area contributed by atoms with Crippen LogP contribution in [0.25, 0.3) is 0 Å². The van der Waals surface area contributed by atoms with Crippen molar-refractivity contribution >= 4 is 17.5 Å². The van der Waals surface area contributed by atoms with Gasteiger partial charge < -0.3 is 16.0 Å².